The summed E-state index contributed by atoms with van der Waals surface area (Å²) in [6.45, 7) is 2.21. The van der Waals surface area contributed by atoms with Crippen LogP contribution in [0.15, 0.2) is 53.7 Å². The fourth-order valence-electron chi connectivity index (χ4n) is 3.93. The lowest BCUT2D eigenvalue weighted by molar-refractivity contribution is -0.121. The molecule has 0 fully saturated rings. The summed E-state index contributed by atoms with van der Waals surface area (Å²) in [5, 5.41) is 23.7. The van der Waals surface area contributed by atoms with Crippen LogP contribution < -0.4 is 21.5 Å². The summed E-state index contributed by atoms with van der Waals surface area (Å²) in [7, 11) is 3.51. The average Bonchev–Trinajstić information content (AvgIpc) is 3.27. The largest absolute Gasteiger partial charge is 0.373 e. The summed E-state index contributed by atoms with van der Waals surface area (Å²) >= 11 is 6.07. The standard InChI is InChI=1S/C25H25ClN8O2/c1-15(25(36)29-9-7-16-13-30-33(2)14-16)31-21-11-22(35)34(3)23-17(21)5-4-6-20(23)32-19-8-10-28-24(26)18(19)12-27/h4-6,8,10-11,13-15,31H,7,9H2,1-3H3,(H,28,32)(H,29,36)/t15-/m1/s1. The molecule has 0 bridgehead atoms. The number of amides is 1. The van der Waals surface area contributed by atoms with E-state index in [9.17, 15) is 14.9 Å². The summed E-state index contributed by atoms with van der Waals surface area (Å²) in [6, 6.07) is 10.1. The van der Waals surface area contributed by atoms with Crippen LogP contribution in [-0.2, 0) is 25.3 Å². The molecule has 4 rings (SSSR count). The second-order valence-electron chi connectivity index (χ2n) is 8.35. The quantitative estimate of drug-likeness (QED) is 0.314. The predicted octanol–water partition coefficient (Wildman–Crippen LogP) is 3.09. The van der Waals surface area contributed by atoms with Gasteiger partial charge in [0, 0.05) is 50.2 Å². The lowest BCUT2D eigenvalue weighted by Gasteiger charge is -2.19. The van der Waals surface area contributed by atoms with E-state index in [1.165, 1.54) is 16.8 Å². The number of carbonyl (C=O) groups is 1. The molecule has 36 heavy (non-hydrogen) atoms. The number of hydrogen-bond donors (Lipinski definition) is 3. The van der Waals surface area contributed by atoms with Crippen LogP contribution in [0.3, 0.4) is 0 Å². The molecule has 184 valence electrons. The molecule has 1 amide bonds. The molecule has 11 heteroatoms. The van der Waals surface area contributed by atoms with Crippen molar-refractivity contribution < 1.29 is 4.79 Å². The minimum Gasteiger partial charge on any atom is -0.373 e. The highest BCUT2D eigenvalue weighted by Crippen LogP contribution is 2.32. The van der Waals surface area contributed by atoms with Crippen molar-refractivity contribution in [3.8, 4) is 6.07 Å². The first kappa shape index (κ1) is 24.8. The summed E-state index contributed by atoms with van der Waals surface area (Å²) in [6.07, 6.45) is 5.84. The van der Waals surface area contributed by atoms with Gasteiger partial charge in [-0.05, 0) is 31.0 Å². The zero-order chi connectivity index (χ0) is 25.8. The number of para-hydroxylation sites is 1. The number of pyridine rings is 2. The van der Waals surface area contributed by atoms with Crippen LogP contribution in [0.1, 0.15) is 18.1 Å². The van der Waals surface area contributed by atoms with Crippen LogP contribution in [0, 0.1) is 11.3 Å². The van der Waals surface area contributed by atoms with E-state index in [0.717, 1.165) is 10.9 Å². The number of nitrogens with one attached hydrogen (secondary N) is 3. The van der Waals surface area contributed by atoms with Gasteiger partial charge in [0.05, 0.1) is 23.1 Å². The van der Waals surface area contributed by atoms with E-state index >= 15 is 0 Å². The first-order valence-electron chi connectivity index (χ1n) is 11.2. The van der Waals surface area contributed by atoms with Gasteiger partial charge in [-0.1, -0.05) is 23.7 Å². The third kappa shape index (κ3) is 5.16. The fraction of sp³-hybridized carbons (Fsp3) is 0.240. The maximum Gasteiger partial charge on any atom is 0.252 e. The molecular formula is C25H25ClN8O2. The SMILES string of the molecule is C[C@@H](Nc1cc(=O)n(C)c2c(Nc3ccnc(Cl)c3C#N)cccc12)C(=O)NCCc1cnn(C)c1. The van der Waals surface area contributed by atoms with Gasteiger partial charge in [-0.25, -0.2) is 4.98 Å². The Bertz CT molecular complexity index is 1540. The molecule has 0 saturated heterocycles. The van der Waals surface area contributed by atoms with Crippen molar-refractivity contribution in [1.29, 1.82) is 5.26 Å². The average molecular weight is 505 g/mol. The summed E-state index contributed by atoms with van der Waals surface area (Å²) in [5.74, 6) is -0.188. The Balaban J connectivity index is 1.58. The van der Waals surface area contributed by atoms with E-state index in [1.54, 1.807) is 37.0 Å². The zero-order valence-corrected chi connectivity index (χ0v) is 20.8. The topological polar surface area (TPSA) is 130 Å². The molecule has 3 aromatic heterocycles. The molecule has 10 nitrogen and oxygen atoms in total. The number of aromatic nitrogens is 4. The van der Waals surface area contributed by atoms with E-state index in [4.69, 9.17) is 11.6 Å². The number of rotatable bonds is 8. The monoisotopic (exact) mass is 504 g/mol. The van der Waals surface area contributed by atoms with Gasteiger partial charge in [0.2, 0.25) is 5.91 Å². The number of hydrogen-bond acceptors (Lipinski definition) is 7. The number of anilines is 3. The maximum absolute atomic E-state index is 12.8. The first-order chi connectivity index (χ1) is 17.3. The van der Waals surface area contributed by atoms with E-state index in [-0.39, 0.29) is 22.2 Å². The van der Waals surface area contributed by atoms with Crippen LogP contribution in [0.25, 0.3) is 10.9 Å². The van der Waals surface area contributed by atoms with Crippen LogP contribution in [0.2, 0.25) is 5.15 Å². The second-order valence-corrected chi connectivity index (χ2v) is 8.71. The lowest BCUT2D eigenvalue weighted by Crippen LogP contribution is -2.38. The van der Waals surface area contributed by atoms with Crippen LogP contribution >= 0.6 is 11.6 Å². The second kappa shape index (κ2) is 10.5. The molecule has 1 aromatic carbocycles. The minimum atomic E-state index is -0.588. The van der Waals surface area contributed by atoms with E-state index in [0.29, 0.717) is 35.5 Å². The smallest absolute Gasteiger partial charge is 0.252 e. The van der Waals surface area contributed by atoms with Crippen molar-refractivity contribution >= 4 is 45.5 Å². The van der Waals surface area contributed by atoms with Gasteiger partial charge in [-0.15, -0.1) is 0 Å². The zero-order valence-electron chi connectivity index (χ0n) is 20.0. The van der Waals surface area contributed by atoms with Gasteiger partial charge in [-0.3, -0.25) is 14.3 Å². The summed E-state index contributed by atoms with van der Waals surface area (Å²) in [5.41, 5.74) is 3.18. The number of aryl methyl sites for hydroxylation is 2. The van der Waals surface area contributed by atoms with Crippen molar-refractivity contribution in [2.75, 3.05) is 17.2 Å². The van der Waals surface area contributed by atoms with E-state index in [1.807, 2.05) is 31.4 Å². The van der Waals surface area contributed by atoms with Crippen molar-refractivity contribution in [3.63, 3.8) is 0 Å². The van der Waals surface area contributed by atoms with Crippen molar-refractivity contribution in [1.82, 2.24) is 24.6 Å². The highest BCUT2D eigenvalue weighted by Gasteiger charge is 2.17. The predicted molar refractivity (Wildman–Crippen MR) is 139 cm³/mol. The molecule has 1 atom stereocenters. The molecule has 3 heterocycles. The number of halogens is 1. The van der Waals surface area contributed by atoms with Gasteiger partial charge in [0.15, 0.2) is 0 Å². The fourth-order valence-corrected chi connectivity index (χ4v) is 4.13. The number of benzene rings is 1. The van der Waals surface area contributed by atoms with Crippen LogP contribution in [-0.4, -0.2) is 37.8 Å². The van der Waals surface area contributed by atoms with Crippen LogP contribution in [0.4, 0.5) is 17.1 Å². The van der Waals surface area contributed by atoms with Crippen LogP contribution in [0.5, 0.6) is 0 Å². The van der Waals surface area contributed by atoms with Gasteiger partial charge in [0.1, 0.15) is 22.8 Å². The Kier molecular flexibility index (Phi) is 7.22. The van der Waals surface area contributed by atoms with E-state index in [2.05, 4.69) is 26.0 Å². The Morgan fingerprint density at radius 1 is 1.22 bits per heavy atom. The number of fused-ring (bicyclic) bond motifs is 1. The summed E-state index contributed by atoms with van der Waals surface area (Å²) < 4.78 is 3.23. The number of carbonyl (C=O) groups excluding carboxylic acids is 1. The Hall–Kier alpha value is -4.36. The maximum atomic E-state index is 12.8. The minimum absolute atomic E-state index is 0.0855. The molecular weight excluding hydrogens is 480 g/mol. The van der Waals surface area contributed by atoms with Gasteiger partial charge >= 0.3 is 0 Å². The molecule has 0 aliphatic heterocycles. The molecule has 0 saturated carbocycles. The Morgan fingerprint density at radius 2 is 2.03 bits per heavy atom. The first-order valence-corrected chi connectivity index (χ1v) is 11.6. The Morgan fingerprint density at radius 3 is 2.75 bits per heavy atom. The molecule has 0 unspecified atom stereocenters. The van der Waals surface area contributed by atoms with Gasteiger partial charge < -0.3 is 20.5 Å². The molecule has 4 aromatic rings. The summed E-state index contributed by atoms with van der Waals surface area (Å²) in [4.78, 5) is 29.5. The molecule has 0 aliphatic carbocycles. The molecule has 0 aliphatic rings. The van der Waals surface area contributed by atoms with E-state index < -0.39 is 6.04 Å². The molecule has 3 N–H and O–H groups in total. The third-order valence-corrected chi connectivity index (χ3v) is 6.07. The van der Waals surface area contributed by atoms with Gasteiger partial charge in [-0.2, -0.15) is 10.4 Å². The lowest BCUT2D eigenvalue weighted by atomic mass is 10.1. The van der Waals surface area contributed by atoms with Crippen molar-refractivity contribution in [2.45, 2.75) is 19.4 Å². The molecule has 0 spiro atoms. The van der Waals surface area contributed by atoms with Gasteiger partial charge in [0.25, 0.3) is 5.56 Å². The van der Waals surface area contributed by atoms with Crippen molar-refractivity contribution in [2.24, 2.45) is 14.1 Å². The molecule has 0 radical (unpaired) electrons. The highest BCUT2D eigenvalue weighted by atomic mass is 35.5. The highest BCUT2D eigenvalue weighted by molar-refractivity contribution is 6.31. The van der Waals surface area contributed by atoms with Crippen molar-refractivity contribution in [3.05, 3.63) is 75.6 Å². The number of nitriles is 1. The normalized spacial score (nSPS) is 11.6. The number of nitrogens with zero attached hydrogens (tertiary/aromatic N) is 5. The third-order valence-electron chi connectivity index (χ3n) is 5.78. The Labute approximate surface area is 212 Å².